The summed E-state index contributed by atoms with van der Waals surface area (Å²) in [5.74, 6) is 0.0815. The van der Waals surface area contributed by atoms with Crippen LogP contribution in [0.4, 0.5) is 0 Å². The Balaban J connectivity index is -0.000000540. The Hall–Kier alpha value is 0.140. The molecule has 1 atom stereocenters. The minimum absolute atomic E-state index is 0. The van der Waals surface area contributed by atoms with E-state index in [0.717, 1.165) is 30.6 Å². The number of hydrogen-bond donors (Lipinski definition) is 3. The summed E-state index contributed by atoms with van der Waals surface area (Å²) in [5, 5.41) is 0. The van der Waals surface area contributed by atoms with E-state index in [4.69, 9.17) is 0 Å². The van der Waals surface area contributed by atoms with Crippen molar-refractivity contribution < 1.29 is 28.7 Å². The first-order valence-electron chi connectivity index (χ1n) is 6.32. The van der Waals surface area contributed by atoms with Gasteiger partial charge in [0.2, 0.25) is 0 Å². The van der Waals surface area contributed by atoms with E-state index in [1.165, 1.54) is 0 Å². The second-order valence-corrected chi connectivity index (χ2v) is 7.78. The van der Waals surface area contributed by atoms with Gasteiger partial charge in [0, 0.05) is 19.1 Å². The maximum atomic E-state index is 10.7. The Kier molecular flexibility index (Phi) is 18.5. The predicted octanol–water partition coefficient (Wildman–Crippen LogP) is 0.376. The molecule has 1 unspecified atom stereocenters. The summed E-state index contributed by atoms with van der Waals surface area (Å²) in [7, 11) is -9.75. The average Bonchev–Trinajstić information content (AvgIpc) is 2.19. The average molecular weight is 367 g/mol. The van der Waals surface area contributed by atoms with Crippen LogP contribution < -0.4 is 38.0 Å². The van der Waals surface area contributed by atoms with Gasteiger partial charge < -0.3 is 47.2 Å². The van der Waals surface area contributed by atoms with E-state index in [2.05, 4.69) is 0 Å². The Morgan fingerprint density at radius 1 is 0.909 bits per heavy atom. The molecular formula is C10H33N4O6P2-. The Morgan fingerprint density at radius 2 is 1.32 bits per heavy atom. The lowest BCUT2D eigenvalue weighted by Crippen LogP contribution is -2.38. The van der Waals surface area contributed by atoms with Crippen LogP contribution in [-0.4, -0.2) is 24.0 Å². The van der Waals surface area contributed by atoms with Gasteiger partial charge in [-0.15, -0.1) is 0 Å². The first-order valence-corrected chi connectivity index (χ1v) is 9.77. The lowest BCUT2D eigenvalue weighted by Gasteiger charge is -2.42. The normalized spacial score (nSPS) is 12.9. The quantitative estimate of drug-likeness (QED) is 0.457. The molecule has 0 heterocycles. The van der Waals surface area contributed by atoms with Crippen LogP contribution >= 0.6 is 15.2 Å². The molecule has 0 bridgehead atoms. The monoisotopic (exact) mass is 367 g/mol. The highest BCUT2D eigenvalue weighted by atomic mass is 31.2. The maximum Gasteiger partial charge on any atom is 0.0264 e. The highest BCUT2D eigenvalue weighted by Gasteiger charge is 2.14. The SMILES string of the molecule is CCCCC(CC)CN(CP(=O)([O-])[O-])CP(=O)([O-])[O-].[NH4+].[NH4+].[NH4+]. The Labute approximate surface area is 132 Å². The maximum absolute atomic E-state index is 10.7. The molecule has 140 valence electrons. The Morgan fingerprint density at radius 3 is 1.59 bits per heavy atom. The topological polar surface area (TPSA) is 239 Å². The molecule has 0 saturated carbocycles. The minimum Gasteiger partial charge on any atom is -0.810 e. The van der Waals surface area contributed by atoms with Gasteiger partial charge in [-0.05, 0) is 12.3 Å². The van der Waals surface area contributed by atoms with E-state index in [0.29, 0.717) is 0 Å². The first kappa shape index (κ1) is 30.1. The molecule has 22 heavy (non-hydrogen) atoms. The molecule has 0 saturated heterocycles. The number of unbranched alkanes of at least 4 members (excludes halogenated alkanes) is 1. The van der Waals surface area contributed by atoms with E-state index in [9.17, 15) is 28.7 Å². The van der Waals surface area contributed by atoms with Crippen molar-refractivity contribution in [1.29, 1.82) is 0 Å². The van der Waals surface area contributed by atoms with Gasteiger partial charge in [-0.3, -0.25) is 4.90 Å². The fraction of sp³-hybridized carbons (Fsp3) is 1.00. The van der Waals surface area contributed by atoms with Crippen molar-refractivity contribution in [3.8, 4) is 0 Å². The summed E-state index contributed by atoms with van der Waals surface area (Å²) < 4.78 is 21.5. The molecule has 0 aliphatic carbocycles. The molecule has 0 fully saturated rings. The van der Waals surface area contributed by atoms with Gasteiger partial charge in [-0.1, -0.05) is 48.3 Å². The standard InChI is InChI=1S/C10H25NO6P2.3H3N/c1-3-5-6-10(4-2)7-11(8-18(12,13)14)9-19(15,16)17;;;/h10H,3-9H2,1-2H3,(H2,12,13,14)(H2,15,16,17);3*1H3/p-1. The molecule has 0 radical (unpaired) electrons. The fourth-order valence-corrected chi connectivity index (χ4v) is 3.50. The van der Waals surface area contributed by atoms with Crippen LogP contribution in [-0.2, 0) is 9.13 Å². The summed E-state index contributed by atoms with van der Waals surface area (Å²) in [4.78, 5) is 43.9. The summed E-state index contributed by atoms with van der Waals surface area (Å²) in [6, 6.07) is 0. The number of quaternary nitrogens is 3. The van der Waals surface area contributed by atoms with Crippen molar-refractivity contribution in [2.45, 2.75) is 39.5 Å². The highest BCUT2D eigenvalue weighted by molar-refractivity contribution is 7.49. The molecule has 0 aromatic carbocycles. The van der Waals surface area contributed by atoms with Crippen molar-refractivity contribution >= 4 is 15.2 Å². The number of nitrogens with zero attached hydrogens (tertiary/aromatic N) is 1. The Bertz CT molecular complexity index is 324. The van der Waals surface area contributed by atoms with Crippen molar-refractivity contribution in [3.63, 3.8) is 0 Å². The van der Waals surface area contributed by atoms with Crippen LogP contribution in [0.25, 0.3) is 0 Å². The van der Waals surface area contributed by atoms with Crippen LogP contribution in [0.3, 0.4) is 0 Å². The zero-order valence-electron chi connectivity index (χ0n) is 14.3. The van der Waals surface area contributed by atoms with Crippen molar-refractivity contribution in [3.05, 3.63) is 0 Å². The lowest BCUT2D eigenvalue weighted by molar-refractivity contribution is -0.318. The lowest BCUT2D eigenvalue weighted by atomic mass is 9.99. The molecule has 12 N–H and O–H groups in total. The van der Waals surface area contributed by atoms with Crippen LogP contribution in [0.1, 0.15) is 39.5 Å². The molecule has 0 spiro atoms. The van der Waals surface area contributed by atoms with Crippen LogP contribution in [0.2, 0.25) is 0 Å². The summed E-state index contributed by atoms with van der Waals surface area (Å²) >= 11 is 0. The number of hydrogen-bond acceptors (Lipinski definition) is 7. The van der Waals surface area contributed by atoms with Crippen molar-refractivity contribution in [1.82, 2.24) is 23.4 Å². The fourth-order valence-electron chi connectivity index (χ4n) is 1.93. The van der Waals surface area contributed by atoms with E-state index >= 15 is 0 Å². The number of rotatable bonds is 10. The first-order chi connectivity index (χ1) is 8.57. The molecule has 0 amide bonds. The zero-order valence-corrected chi connectivity index (χ0v) is 16.1. The smallest absolute Gasteiger partial charge is 0.0264 e. The third-order valence-corrected chi connectivity index (χ3v) is 4.30. The largest absolute Gasteiger partial charge is 0.810 e. The second kappa shape index (κ2) is 13.6. The van der Waals surface area contributed by atoms with Gasteiger partial charge in [-0.25, -0.2) is 0 Å². The molecule has 0 aromatic heterocycles. The third kappa shape index (κ3) is 18.2. The summed E-state index contributed by atoms with van der Waals surface area (Å²) in [6.45, 7) is 4.05. The summed E-state index contributed by atoms with van der Waals surface area (Å²) in [6.07, 6.45) is 1.63. The minimum atomic E-state index is -4.87. The third-order valence-electron chi connectivity index (χ3n) is 2.81. The van der Waals surface area contributed by atoms with Gasteiger partial charge in [0.15, 0.2) is 0 Å². The van der Waals surface area contributed by atoms with Crippen LogP contribution in [0.5, 0.6) is 0 Å². The molecule has 12 heteroatoms. The predicted molar refractivity (Wildman–Crippen MR) is 82.9 cm³/mol. The van der Waals surface area contributed by atoms with Crippen molar-refractivity contribution in [2.24, 2.45) is 5.92 Å². The molecule has 0 aliphatic heterocycles. The van der Waals surface area contributed by atoms with Gasteiger partial charge >= 0.3 is 0 Å². The second-order valence-electron chi connectivity index (χ2n) is 4.77. The molecule has 0 rings (SSSR count). The highest BCUT2D eigenvalue weighted by Crippen LogP contribution is 2.32. The van der Waals surface area contributed by atoms with Gasteiger partial charge in [0.25, 0.3) is 0 Å². The van der Waals surface area contributed by atoms with Crippen LogP contribution in [0, 0.1) is 5.92 Å². The van der Waals surface area contributed by atoms with E-state index < -0.39 is 27.8 Å². The van der Waals surface area contributed by atoms with E-state index in [-0.39, 0.29) is 30.9 Å². The van der Waals surface area contributed by atoms with Crippen molar-refractivity contribution in [2.75, 3.05) is 19.1 Å². The van der Waals surface area contributed by atoms with E-state index in [1.54, 1.807) is 0 Å². The molecule has 10 nitrogen and oxygen atoms in total. The molecule has 0 aromatic rings. The zero-order chi connectivity index (χ0) is 15.1. The van der Waals surface area contributed by atoms with Gasteiger partial charge in [-0.2, -0.15) is 0 Å². The molecular weight excluding hydrogens is 334 g/mol. The van der Waals surface area contributed by atoms with Crippen LogP contribution in [0.15, 0.2) is 0 Å². The molecule has 0 aliphatic rings. The van der Waals surface area contributed by atoms with Gasteiger partial charge in [0.1, 0.15) is 0 Å². The summed E-state index contributed by atoms with van der Waals surface area (Å²) in [5.41, 5.74) is 0. The van der Waals surface area contributed by atoms with E-state index in [1.807, 2.05) is 13.8 Å². The van der Waals surface area contributed by atoms with Gasteiger partial charge in [0.05, 0.1) is 0 Å².